The first-order valence-electron chi connectivity index (χ1n) is 11.1. The zero-order chi connectivity index (χ0) is 22.2. The average Bonchev–Trinajstić information content (AvgIpc) is 3.40. The highest BCUT2D eigenvalue weighted by Gasteiger charge is 2.39. The molecule has 0 aromatic rings. The lowest BCUT2D eigenvalue weighted by Crippen LogP contribution is -2.44. The van der Waals surface area contributed by atoms with Crippen molar-refractivity contribution in [3.8, 4) is 0 Å². The van der Waals surface area contributed by atoms with Crippen LogP contribution in [0.2, 0.25) is 0 Å². The lowest BCUT2D eigenvalue weighted by atomic mass is 10.0. The number of nitrogens with one attached hydrogen (secondary N) is 2. The second-order valence-electron chi connectivity index (χ2n) is 8.32. The monoisotopic (exact) mass is 460 g/mol. The highest BCUT2D eigenvalue weighted by Crippen LogP contribution is 2.47. The number of dihydropyridines is 1. The first-order valence-corrected chi connectivity index (χ1v) is 12.1. The molecule has 1 fully saturated rings. The van der Waals surface area contributed by atoms with Crippen molar-refractivity contribution < 1.29 is 18.3 Å². The summed E-state index contributed by atoms with van der Waals surface area (Å²) in [4.78, 5) is 19.6. The molecule has 2 aliphatic carbocycles. The number of piperidine rings is 1. The number of hydrogen-bond donors (Lipinski definition) is 2. The highest BCUT2D eigenvalue weighted by atomic mass is 32.2. The molecule has 170 valence electrons. The first-order chi connectivity index (χ1) is 15.5. The number of aliphatic imine (C=N–C) groups is 1. The molecule has 1 saturated heterocycles. The van der Waals surface area contributed by atoms with E-state index < -0.39 is 17.7 Å². The summed E-state index contributed by atoms with van der Waals surface area (Å²) in [7, 11) is 0. The van der Waals surface area contributed by atoms with Gasteiger partial charge in [0.05, 0.1) is 23.1 Å². The van der Waals surface area contributed by atoms with Crippen LogP contribution in [0, 0.1) is 5.92 Å². The minimum atomic E-state index is -0.699. The van der Waals surface area contributed by atoms with E-state index in [0.29, 0.717) is 30.2 Å². The summed E-state index contributed by atoms with van der Waals surface area (Å²) in [5.74, 6) is -1.31. The molecule has 9 heteroatoms. The van der Waals surface area contributed by atoms with Gasteiger partial charge in [-0.3, -0.25) is 9.79 Å². The zero-order valence-electron chi connectivity index (χ0n) is 17.9. The third kappa shape index (κ3) is 4.15. The number of thioether (sulfide) groups is 1. The SMILES string of the molecule is CCOC1CCCN(C2=CCNC=C2NC(=O)C2CSC(C3=C(F)C4=CC4C=C3F)=N2)C1. The standard InChI is InChI=1S/C23H26F2N4O2S/c1-2-31-14-4-3-7-29(11-14)19-5-6-26-10-17(19)27-22(30)18-12-32-23(28-18)20-16(24)9-13-8-15(13)21(20)25/h5,8-10,13-14,18,26H,2-4,6-7,11-12H2,1H3,(H,27,30). The Morgan fingerprint density at radius 1 is 1.41 bits per heavy atom. The molecule has 5 rings (SSSR count). The third-order valence-corrected chi connectivity index (χ3v) is 7.19. The highest BCUT2D eigenvalue weighted by molar-refractivity contribution is 8.14. The van der Waals surface area contributed by atoms with Crippen LogP contribution < -0.4 is 10.6 Å². The number of hydrogen-bond acceptors (Lipinski definition) is 6. The number of ether oxygens (including phenoxy) is 1. The van der Waals surface area contributed by atoms with Gasteiger partial charge >= 0.3 is 0 Å². The summed E-state index contributed by atoms with van der Waals surface area (Å²) in [6.07, 6.45) is 9.18. The topological polar surface area (TPSA) is 66.0 Å². The molecule has 5 aliphatic rings. The Morgan fingerprint density at radius 3 is 3.12 bits per heavy atom. The smallest absolute Gasteiger partial charge is 0.250 e. The molecular formula is C23H26F2N4O2S. The van der Waals surface area contributed by atoms with E-state index in [2.05, 4.69) is 26.6 Å². The molecule has 0 aromatic heterocycles. The fourth-order valence-corrected chi connectivity index (χ4v) is 5.55. The molecular weight excluding hydrogens is 434 g/mol. The predicted octanol–water partition coefficient (Wildman–Crippen LogP) is 3.09. The van der Waals surface area contributed by atoms with E-state index in [1.54, 1.807) is 12.3 Å². The van der Waals surface area contributed by atoms with Gasteiger partial charge in [0.15, 0.2) is 0 Å². The van der Waals surface area contributed by atoms with Crippen LogP contribution >= 0.6 is 11.8 Å². The van der Waals surface area contributed by atoms with Crippen molar-refractivity contribution in [3.05, 3.63) is 58.6 Å². The number of nitrogens with zero attached hydrogens (tertiary/aromatic N) is 2. The van der Waals surface area contributed by atoms with Crippen molar-refractivity contribution in [3.63, 3.8) is 0 Å². The minimum absolute atomic E-state index is 0.111. The van der Waals surface area contributed by atoms with Gasteiger partial charge in [-0.2, -0.15) is 0 Å². The Balaban J connectivity index is 1.27. The molecule has 3 aliphatic heterocycles. The Kier molecular flexibility index (Phi) is 5.94. The molecule has 6 nitrogen and oxygen atoms in total. The van der Waals surface area contributed by atoms with Gasteiger partial charge in [0.2, 0.25) is 5.91 Å². The molecule has 3 atom stereocenters. The van der Waals surface area contributed by atoms with E-state index in [1.165, 1.54) is 17.8 Å². The number of halogens is 2. The van der Waals surface area contributed by atoms with Crippen LogP contribution in [-0.2, 0) is 9.53 Å². The van der Waals surface area contributed by atoms with Crippen molar-refractivity contribution in [2.75, 3.05) is 32.0 Å². The van der Waals surface area contributed by atoms with E-state index in [4.69, 9.17) is 4.74 Å². The van der Waals surface area contributed by atoms with Crippen molar-refractivity contribution in [2.45, 2.75) is 31.9 Å². The van der Waals surface area contributed by atoms with Gasteiger partial charge < -0.3 is 20.3 Å². The normalized spacial score (nSPS) is 29.3. The van der Waals surface area contributed by atoms with Crippen molar-refractivity contribution in [2.24, 2.45) is 10.9 Å². The zero-order valence-corrected chi connectivity index (χ0v) is 18.7. The lowest BCUT2D eigenvalue weighted by molar-refractivity contribution is -0.121. The molecule has 0 aromatic carbocycles. The minimum Gasteiger partial charge on any atom is -0.386 e. The molecule has 0 radical (unpaired) electrons. The molecule has 3 heterocycles. The largest absolute Gasteiger partial charge is 0.386 e. The van der Waals surface area contributed by atoms with Gasteiger partial charge in [-0.25, -0.2) is 8.78 Å². The van der Waals surface area contributed by atoms with Crippen molar-refractivity contribution >= 4 is 22.7 Å². The Morgan fingerprint density at radius 2 is 2.28 bits per heavy atom. The maximum atomic E-state index is 14.5. The summed E-state index contributed by atoms with van der Waals surface area (Å²) >= 11 is 1.22. The molecule has 0 bridgehead atoms. The van der Waals surface area contributed by atoms with Crippen LogP contribution in [0.15, 0.2) is 63.6 Å². The molecule has 0 saturated carbocycles. The Hall–Kier alpha value is -2.39. The summed E-state index contributed by atoms with van der Waals surface area (Å²) in [5, 5.41) is 6.38. The number of rotatable bonds is 6. The van der Waals surface area contributed by atoms with E-state index in [9.17, 15) is 13.6 Å². The van der Waals surface area contributed by atoms with Gasteiger partial charge in [0.1, 0.15) is 22.7 Å². The van der Waals surface area contributed by atoms with Gasteiger partial charge in [0, 0.05) is 44.1 Å². The fraction of sp³-hybridized carbons (Fsp3) is 0.478. The average molecular weight is 461 g/mol. The first kappa shape index (κ1) is 21.5. The van der Waals surface area contributed by atoms with Crippen LogP contribution in [0.5, 0.6) is 0 Å². The van der Waals surface area contributed by atoms with E-state index in [-0.39, 0.29) is 28.5 Å². The Bertz CT molecular complexity index is 1010. The third-order valence-electron chi connectivity index (χ3n) is 6.13. The maximum absolute atomic E-state index is 14.5. The number of fused-ring (bicyclic) bond motifs is 1. The van der Waals surface area contributed by atoms with Crippen LogP contribution in [0.4, 0.5) is 8.78 Å². The van der Waals surface area contributed by atoms with E-state index >= 15 is 0 Å². The van der Waals surface area contributed by atoms with Crippen LogP contribution in [0.3, 0.4) is 0 Å². The van der Waals surface area contributed by atoms with Gasteiger partial charge in [-0.15, -0.1) is 11.8 Å². The van der Waals surface area contributed by atoms with Crippen molar-refractivity contribution in [1.29, 1.82) is 0 Å². The maximum Gasteiger partial charge on any atom is 0.250 e. The Labute approximate surface area is 190 Å². The van der Waals surface area contributed by atoms with E-state index in [1.807, 2.05) is 6.92 Å². The predicted molar refractivity (Wildman–Crippen MR) is 121 cm³/mol. The van der Waals surface area contributed by atoms with Crippen LogP contribution in [0.1, 0.15) is 19.8 Å². The number of carbonyl (C=O) groups is 1. The van der Waals surface area contributed by atoms with Gasteiger partial charge in [-0.1, -0.05) is 6.08 Å². The molecule has 0 spiro atoms. The van der Waals surface area contributed by atoms with Crippen LogP contribution in [0.25, 0.3) is 0 Å². The number of amides is 1. The van der Waals surface area contributed by atoms with Crippen LogP contribution in [-0.4, -0.2) is 60.0 Å². The number of carbonyl (C=O) groups excluding carboxylic acids is 1. The molecule has 3 unspecified atom stereocenters. The number of likely N-dealkylation sites (tertiary alicyclic amines) is 1. The van der Waals surface area contributed by atoms with Gasteiger partial charge in [0.25, 0.3) is 0 Å². The molecule has 2 N–H and O–H groups in total. The van der Waals surface area contributed by atoms with Gasteiger partial charge in [-0.05, 0) is 37.5 Å². The summed E-state index contributed by atoms with van der Waals surface area (Å²) in [6.45, 7) is 5.05. The lowest BCUT2D eigenvalue weighted by Gasteiger charge is -2.37. The summed E-state index contributed by atoms with van der Waals surface area (Å²) < 4.78 is 34.7. The molecule has 1 amide bonds. The summed E-state index contributed by atoms with van der Waals surface area (Å²) in [6, 6.07) is -0.699. The van der Waals surface area contributed by atoms with Crippen molar-refractivity contribution in [1.82, 2.24) is 15.5 Å². The second kappa shape index (κ2) is 8.86. The number of allylic oxidation sites excluding steroid dienone is 5. The fourth-order valence-electron chi connectivity index (χ4n) is 4.48. The molecule has 32 heavy (non-hydrogen) atoms. The quantitative estimate of drug-likeness (QED) is 0.638. The second-order valence-corrected chi connectivity index (χ2v) is 9.33. The summed E-state index contributed by atoms with van der Waals surface area (Å²) in [5.41, 5.74) is 2.06. The van der Waals surface area contributed by atoms with E-state index in [0.717, 1.165) is 31.6 Å².